The molecule has 2 aromatic rings. The Morgan fingerprint density at radius 2 is 2.11 bits per heavy atom. The predicted octanol–water partition coefficient (Wildman–Crippen LogP) is 3.13. The van der Waals surface area contributed by atoms with E-state index in [0.29, 0.717) is 37.0 Å². The largest absolute Gasteiger partial charge is 0.490 e. The minimum atomic E-state index is -2.87. The molecule has 6 nitrogen and oxygen atoms in total. The summed E-state index contributed by atoms with van der Waals surface area (Å²) in [6.45, 7) is 2.80. The quantitative estimate of drug-likeness (QED) is 0.399. The molecule has 0 amide bonds. The summed E-state index contributed by atoms with van der Waals surface area (Å²) >= 11 is 0. The van der Waals surface area contributed by atoms with Crippen LogP contribution in [0.4, 0.5) is 8.78 Å². The standard InChI is InChI=1S/C19H24F2N4O2/c1-3-23-19(24-9-10-26-16-5-4-8-22-13-16)25-12-15-11-14(2)6-7-17(15)27-18(20)21/h4-8,11,13,18H,3,9-10,12H2,1-2H3,(H2,23,24,25). The zero-order valence-electron chi connectivity index (χ0n) is 15.4. The SMILES string of the molecule is CCNC(=NCc1cc(C)ccc1OC(F)F)NCCOc1cccnc1. The number of rotatable bonds is 9. The molecule has 0 saturated heterocycles. The van der Waals surface area contributed by atoms with Crippen molar-refractivity contribution in [1.29, 1.82) is 0 Å². The van der Waals surface area contributed by atoms with Gasteiger partial charge in [0.2, 0.25) is 0 Å². The lowest BCUT2D eigenvalue weighted by atomic mass is 10.1. The Balaban J connectivity index is 1.93. The Bertz CT molecular complexity index is 727. The molecule has 1 aromatic heterocycles. The average Bonchev–Trinajstić information content (AvgIpc) is 2.65. The molecule has 0 aliphatic heterocycles. The molecule has 8 heteroatoms. The highest BCUT2D eigenvalue weighted by Gasteiger charge is 2.10. The number of ether oxygens (including phenoxy) is 2. The van der Waals surface area contributed by atoms with Crippen LogP contribution in [0.15, 0.2) is 47.7 Å². The van der Waals surface area contributed by atoms with Gasteiger partial charge in [0.1, 0.15) is 18.1 Å². The first-order chi connectivity index (χ1) is 13.1. The Morgan fingerprint density at radius 3 is 2.81 bits per heavy atom. The van der Waals surface area contributed by atoms with Crippen molar-refractivity contribution >= 4 is 5.96 Å². The second-order valence-corrected chi connectivity index (χ2v) is 5.65. The van der Waals surface area contributed by atoms with E-state index >= 15 is 0 Å². The lowest BCUT2D eigenvalue weighted by Crippen LogP contribution is -2.39. The van der Waals surface area contributed by atoms with Crippen LogP contribution in [0.25, 0.3) is 0 Å². The molecule has 0 unspecified atom stereocenters. The molecular weight excluding hydrogens is 354 g/mol. The van der Waals surface area contributed by atoms with Crippen molar-refractivity contribution in [3.05, 3.63) is 53.9 Å². The molecule has 0 fully saturated rings. The van der Waals surface area contributed by atoms with Crippen molar-refractivity contribution in [2.24, 2.45) is 4.99 Å². The normalized spacial score (nSPS) is 11.4. The summed E-state index contributed by atoms with van der Waals surface area (Å²) in [5, 5.41) is 6.25. The van der Waals surface area contributed by atoms with Crippen molar-refractivity contribution in [1.82, 2.24) is 15.6 Å². The van der Waals surface area contributed by atoms with E-state index in [1.165, 1.54) is 6.07 Å². The smallest absolute Gasteiger partial charge is 0.387 e. The van der Waals surface area contributed by atoms with Crippen molar-refractivity contribution in [3.63, 3.8) is 0 Å². The van der Waals surface area contributed by atoms with E-state index in [1.54, 1.807) is 30.6 Å². The molecule has 0 bridgehead atoms. The third-order valence-electron chi connectivity index (χ3n) is 3.48. The summed E-state index contributed by atoms with van der Waals surface area (Å²) in [4.78, 5) is 8.42. The number of pyridine rings is 1. The molecule has 2 N–H and O–H groups in total. The number of benzene rings is 1. The van der Waals surface area contributed by atoms with Crippen molar-refractivity contribution in [2.75, 3.05) is 19.7 Å². The maximum Gasteiger partial charge on any atom is 0.387 e. The van der Waals surface area contributed by atoms with E-state index in [9.17, 15) is 8.78 Å². The van der Waals surface area contributed by atoms with Crippen LogP contribution in [0.3, 0.4) is 0 Å². The van der Waals surface area contributed by atoms with Gasteiger partial charge >= 0.3 is 6.61 Å². The van der Waals surface area contributed by atoms with Gasteiger partial charge in [-0.2, -0.15) is 8.78 Å². The summed E-state index contributed by atoms with van der Waals surface area (Å²) in [5.74, 6) is 1.39. The van der Waals surface area contributed by atoms with Gasteiger partial charge in [0.05, 0.1) is 19.3 Å². The van der Waals surface area contributed by atoms with E-state index in [2.05, 4.69) is 25.3 Å². The first-order valence-corrected chi connectivity index (χ1v) is 8.68. The highest BCUT2D eigenvalue weighted by molar-refractivity contribution is 5.79. The zero-order valence-corrected chi connectivity index (χ0v) is 15.4. The summed E-state index contributed by atoms with van der Waals surface area (Å²) in [5.41, 5.74) is 1.55. The van der Waals surface area contributed by atoms with Crippen LogP contribution in [0, 0.1) is 6.92 Å². The van der Waals surface area contributed by atoms with E-state index in [0.717, 1.165) is 5.56 Å². The molecule has 0 radical (unpaired) electrons. The molecule has 0 aliphatic carbocycles. The van der Waals surface area contributed by atoms with Gasteiger partial charge < -0.3 is 20.1 Å². The van der Waals surface area contributed by atoms with Crippen LogP contribution in [0.2, 0.25) is 0 Å². The molecule has 0 atom stereocenters. The Hall–Kier alpha value is -2.90. The molecule has 1 heterocycles. The van der Waals surface area contributed by atoms with Gasteiger partial charge in [0.15, 0.2) is 5.96 Å². The number of guanidine groups is 1. The number of halogens is 2. The van der Waals surface area contributed by atoms with Crippen molar-refractivity contribution < 1.29 is 18.3 Å². The van der Waals surface area contributed by atoms with Crippen molar-refractivity contribution in [3.8, 4) is 11.5 Å². The third-order valence-corrected chi connectivity index (χ3v) is 3.48. The molecule has 146 valence electrons. The maximum atomic E-state index is 12.6. The van der Waals surface area contributed by atoms with Crippen LogP contribution >= 0.6 is 0 Å². The summed E-state index contributed by atoms with van der Waals surface area (Å²) < 4.78 is 35.3. The predicted molar refractivity (Wildman–Crippen MR) is 100 cm³/mol. The second kappa shape index (κ2) is 10.9. The minimum absolute atomic E-state index is 0.134. The Morgan fingerprint density at radius 1 is 1.26 bits per heavy atom. The van der Waals surface area contributed by atoms with E-state index < -0.39 is 6.61 Å². The van der Waals surface area contributed by atoms with Gasteiger partial charge in [-0.05, 0) is 32.0 Å². The number of hydrogen-bond donors (Lipinski definition) is 2. The van der Waals surface area contributed by atoms with E-state index in [1.807, 2.05) is 19.9 Å². The van der Waals surface area contributed by atoms with Gasteiger partial charge in [0, 0.05) is 18.3 Å². The van der Waals surface area contributed by atoms with Crippen LogP contribution in [-0.4, -0.2) is 37.3 Å². The fourth-order valence-electron chi connectivity index (χ4n) is 2.32. The van der Waals surface area contributed by atoms with Gasteiger partial charge in [-0.15, -0.1) is 0 Å². The minimum Gasteiger partial charge on any atom is -0.490 e. The zero-order chi connectivity index (χ0) is 19.5. The van der Waals surface area contributed by atoms with E-state index in [-0.39, 0.29) is 12.3 Å². The molecule has 0 aliphatic rings. The third kappa shape index (κ3) is 7.47. The molecule has 2 rings (SSSR count). The summed E-state index contributed by atoms with van der Waals surface area (Å²) in [6.07, 6.45) is 3.32. The highest BCUT2D eigenvalue weighted by Crippen LogP contribution is 2.22. The Kier molecular flexibility index (Phi) is 8.28. The molecule has 0 saturated carbocycles. The summed E-state index contributed by atoms with van der Waals surface area (Å²) in [6, 6.07) is 8.68. The highest BCUT2D eigenvalue weighted by atomic mass is 19.3. The molecule has 1 aromatic carbocycles. The van der Waals surface area contributed by atoms with Crippen LogP contribution in [-0.2, 0) is 6.54 Å². The number of aliphatic imine (C=N–C) groups is 1. The summed E-state index contributed by atoms with van der Waals surface area (Å²) in [7, 11) is 0. The topological polar surface area (TPSA) is 67.8 Å². The monoisotopic (exact) mass is 378 g/mol. The van der Waals surface area contributed by atoms with E-state index in [4.69, 9.17) is 4.74 Å². The number of aromatic nitrogens is 1. The van der Waals surface area contributed by atoms with Crippen LogP contribution < -0.4 is 20.1 Å². The van der Waals surface area contributed by atoms with Crippen LogP contribution in [0.5, 0.6) is 11.5 Å². The second-order valence-electron chi connectivity index (χ2n) is 5.65. The number of nitrogens with zero attached hydrogens (tertiary/aromatic N) is 2. The van der Waals surface area contributed by atoms with Crippen LogP contribution in [0.1, 0.15) is 18.1 Å². The first-order valence-electron chi connectivity index (χ1n) is 8.68. The van der Waals surface area contributed by atoms with Gasteiger partial charge in [-0.25, -0.2) is 4.99 Å². The Labute approximate surface area is 157 Å². The fraction of sp³-hybridized carbons (Fsp3) is 0.368. The average molecular weight is 378 g/mol. The molecule has 27 heavy (non-hydrogen) atoms. The lowest BCUT2D eigenvalue weighted by molar-refractivity contribution is -0.0504. The van der Waals surface area contributed by atoms with Crippen molar-refractivity contribution in [2.45, 2.75) is 27.0 Å². The number of alkyl halides is 2. The van der Waals surface area contributed by atoms with Gasteiger partial charge in [-0.3, -0.25) is 4.98 Å². The number of hydrogen-bond acceptors (Lipinski definition) is 4. The van der Waals surface area contributed by atoms with Gasteiger partial charge in [0.25, 0.3) is 0 Å². The first kappa shape index (κ1) is 20.4. The lowest BCUT2D eigenvalue weighted by Gasteiger charge is -2.13. The number of aryl methyl sites for hydroxylation is 1. The fourth-order valence-corrected chi connectivity index (χ4v) is 2.32. The van der Waals surface area contributed by atoms with Gasteiger partial charge in [-0.1, -0.05) is 17.7 Å². The maximum absolute atomic E-state index is 12.6. The molecular formula is C19H24F2N4O2. The molecule has 0 spiro atoms. The number of nitrogens with one attached hydrogen (secondary N) is 2.